The first-order valence-corrected chi connectivity index (χ1v) is 12.2. The summed E-state index contributed by atoms with van der Waals surface area (Å²) in [7, 11) is 0. The van der Waals surface area contributed by atoms with Gasteiger partial charge >= 0.3 is 0 Å². The number of likely N-dealkylation sites (tertiary alicyclic amines) is 1. The lowest BCUT2D eigenvalue weighted by Crippen LogP contribution is -2.24. The molecule has 0 radical (unpaired) electrons. The van der Waals surface area contributed by atoms with E-state index in [1.807, 2.05) is 23.1 Å². The molecule has 2 amide bonds. The van der Waals surface area contributed by atoms with Crippen LogP contribution in [0.3, 0.4) is 0 Å². The van der Waals surface area contributed by atoms with Crippen LogP contribution in [0, 0.1) is 5.92 Å². The first-order chi connectivity index (χ1) is 16.0. The molecule has 33 heavy (non-hydrogen) atoms. The van der Waals surface area contributed by atoms with Crippen LogP contribution in [0.5, 0.6) is 0 Å². The predicted molar refractivity (Wildman–Crippen MR) is 127 cm³/mol. The van der Waals surface area contributed by atoms with E-state index in [0.717, 1.165) is 43.4 Å². The monoisotopic (exact) mass is 462 g/mol. The third-order valence-corrected chi connectivity index (χ3v) is 7.61. The van der Waals surface area contributed by atoms with E-state index >= 15 is 0 Å². The third-order valence-electron chi connectivity index (χ3n) is 6.44. The number of benzene rings is 1. The second kappa shape index (κ2) is 8.98. The van der Waals surface area contributed by atoms with Crippen LogP contribution in [-0.4, -0.2) is 29.0 Å². The van der Waals surface area contributed by atoms with E-state index in [2.05, 4.69) is 12.2 Å². The van der Waals surface area contributed by atoms with Crippen molar-refractivity contribution in [2.45, 2.75) is 45.6 Å². The molecule has 3 heterocycles. The maximum atomic E-state index is 13.3. The van der Waals surface area contributed by atoms with Crippen molar-refractivity contribution < 1.29 is 18.8 Å². The fraction of sp³-hybridized carbons (Fsp3) is 0.346. The Morgan fingerprint density at radius 1 is 1.21 bits per heavy atom. The van der Waals surface area contributed by atoms with Crippen LogP contribution in [0.2, 0.25) is 0 Å². The Balaban J connectivity index is 1.42. The van der Waals surface area contributed by atoms with E-state index in [9.17, 15) is 14.4 Å². The number of thiophene rings is 1. The number of fused-ring (bicyclic) bond motifs is 1. The maximum Gasteiger partial charge on any atom is 0.256 e. The van der Waals surface area contributed by atoms with Gasteiger partial charge in [-0.1, -0.05) is 19.1 Å². The number of carbonyl (C=O) groups is 3. The summed E-state index contributed by atoms with van der Waals surface area (Å²) in [5, 5.41) is 3.59. The minimum Gasteiger partial charge on any atom is -0.461 e. The van der Waals surface area contributed by atoms with Gasteiger partial charge in [0.15, 0.2) is 5.76 Å². The average molecular weight is 463 g/mol. The van der Waals surface area contributed by atoms with Crippen molar-refractivity contribution in [3.05, 3.63) is 75.6 Å². The molecule has 170 valence electrons. The smallest absolute Gasteiger partial charge is 0.256 e. The normalized spacial score (nSPS) is 17.8. The molecule has 1 fully saturated rings. The fourth-order valence-corrected chi connectivity index (χ4v) is 6.09. The highest BCUT2D eigenvalue weighted by molar-refractivity contribution is 7.17. The molecule has 1 aliphatic carbocycles. The van der Waals surface area contributed by atoms with E-state index in [1.54, 1.807) is 18.2 Å². The zero-order chi connectivity index (χ0) is 22.9. The minimum atomic E-state index is -0.260. The zero-order valence-electron chi connectivity index (χ0n) is 18.6. The summed E-state index contributed by atoms with van der Waals surface area (Å²) in [6.07, 6.45) is 5.72. The molecule has 0 spiro atoms. The minimum absolute atomic E-state index is 0.157. The molecule has 7 heteroatoms. The molecular formula is C26H26N2O4S. The fourth-order valence-electron chi connectivity index (χ4n) is 4.69. The first-order valence-electron chi connectivity index (χ1n) is 11.4. The lowest BCUT2D eigenvalue weighted by molar-refractivity contribution is -0.128. The number of anilines is 1. The standard InChI is InChI=1S/C26H26N2O4S/c1-16-9-10-19-21(13-16)33-26(23(19)24(30)20-7-4-12-32-20)27-25(31)18-6-2-5-17(14-18)15-28-11-3-8-22(28)29/h2,4-7,12,14,16H,3,8-11,13,15H2,1H3,(H,27,31). The predicted octanol–water partition coefficient (Wildman–Crippen LogP) is 5.07. The number of hydrogen-bond donors (Lipinski definition) is 1. The molecule has 2 aliphatic rings. The SMILES string of the molecule is CC1CCc2c(sc(NC(=O)c3cccc(CN4CCCC4=O)c3)c2C(=O)c2ccco2)C1. The topological polar surface area (TPSA) is 79.6 Å². The van der Waals surface area contributed by atoms with Crippen LogP contribution in [0.1, 0.15) is 68.7 Å². The number of rotatable bonds is 6. The molecule has 5 rings (SSSR count). The molecule has 1 aliphatic heterocycles. The van der Waals surface area contributed by atoms with Crippen molar-refractivity contribution >= 4 is 33.9 Å². The molecule has 1 unspecified atom stereocenters. The summed E-state index contributed by atoms with van der Waals surface area (Å²) in [6.45, 7) is 3.48. The number of furan rings is 1. The van der Waals surface area contributed by atoms with Gasteiger partial charge in [0.1, 0.15) is 5.00 Å². The third kappa shape index (κ3) is 4.37. The number of hydrogen-bond acceptors (Lipinski definition) is 5. The molecule has 6 nitrogen and oxygen atoms in total. The van der Waals surface area contributed by atoms with E-state index in [4.69, 9.17) is 4.42 Å². The van der Waals surface area contributed by atoms with Crippen molar-refractivity contribution in [1.29, 1.82) is 0 Å². The van der Waals surface area contributed by atoms with Gasteiger partial charge in [0, 0.05) is 30.0 Å². The zero-order valence-corrected chi connectivity index (χ0v) is 19.4. The van der Waals surface area contributed by atoms with Crippen molar-refractivity contribution in [3.8, 4) is 0 Å². The van der Waals surface area contributed by atoms with Gasteiger partial charge in [-0.05, 0) is 67.0 Å². The van der Waals surface area contributed by atoms with Gasteiger partial charge in [0.05, 0.1) is 11.8 Å². The van der Waals surface area contributed by atoms with Gasteiger partial charge in [-0.2, -0.15) is 0 Å². The van der Waals surface area contributed by atoms with Gasteiger partial charge in [-0.3, -0.25) is 14.4 Å². The summed E-state index contributed by atoms with van der Waals surface area (Å²) >= 11 is 1.50. The lowest BCUT2D eigenvalue weighted by Gasteiger charge is -2.18. The number of ketones is 1. The van der Waals surface area contributed by atoms with Crippen LogP contribution < -0.4 is 5.32 Å². The number of nitrogens with one attached hydrogen (secondary N) is 1. The Morgan fingerprint density at radius 2 is 2.09 bits per heavy atom. The molecule has 2 aromatic heterocycles. The van der Waals surface area contributed by atoms with Crippen LogP contribution in [0.15, 0.2) is 47.1 Å². The largest absolute Gasteiger partial charge is 0.461 e. The van der Waals surface area contributed by atoms with Crippen molar-refractivity contribution in [1.82, 2.24) is 4.90 Å². The average Bonchev–Trinajstić information content (AvgIpc) is 3.54. The van der Waals surface area contributed by atoms with E-state index < -0.39 is 0 Å². The Morgan fingerprint density at radius 3 is 2.85 bits per heavy atom. The Labute approximate surface area is 196 Å². The molecule has 1 atom stereocenters. The van der Waals surface area contributed by atoms with Gasteiger partial charge in [-0.25, -0.2) is 0 Å². The first kappa shape index (κ1) is 21.6. The second-order valence-corrected chi connectivity index (χ2v) is 10.0. The van der Waals surface area contributed by atoms with Crippen molar-refractivity contribution in [3.63, 3.8) is 0 Å². The van der Waals surface area contributed by atoms with Crippen molar-refractivity contribution in [2.75, 3.05) is 11.9 Å². The maximum absolute atomic E-state index is 13.3. The highest BCUT2D eigenvalue weighted by atomic mass is 32.1. The number of amides is 2. The summed E-state index contributed by atoms with van der Waals surface area (Å²) in [5.41, 5.74) is 3.03. The molecule has 1 saturated heterocycles. The summed E-state index contributed by atoms with van der Waals surface area (Å²) in [5.74, 6) is 0.538. The summed E-state index contributed by atoms with van der Waals surface area (Å²) in [4.78, 5) is 41.4. The van der Waals surface area contributed by atoms with Gasteiger partial charge in [-0.15, -0.1) is 11.3 Å². The van der Waals surface area contributed by atoms with E-state index in [-0.39, 0.29) is 23.4 Å². The van der Waals surface area contributed by atoms with Crippen molar-refractivity contribution in [2.24, 2.45) is 5.92 Å². The Hall–Kier alpha value is -3.19. The van der Waals surface area contributed by atoms with Gasteiger partial charge in [0.25, 0.3) is 5.91 Å². The highest BCUT2D eigenvalue weighted by Gasteiger charge is 2.30. The highest BCUT2D eigenvalue weighted by Crippen LogP contribution is 2.41. The van der Waals surface area contributed by atoms with Crippen LogP contribution in [0.25, 0.3) is 0 Å². The van der Waals surface area contributed by atoms with E-state index in [1.165, 1.54) is 22.5 Å². The Bertz CT molecular complexity index is 1210. The number of carbonyl (C=O) groups excluding carboxylic acids is 3. The summed E-state index contributed by atoms with van der Waals surface area (Å²) in [6, 6.07) is 10.7. The lowest BCUT2D eigenvalue weighted by atomic mass is 9.87. The molecule has 0 bridgehead atoms. The quantitative estimate of drug-likeness (QED) is 0.519. The number of nitrogens with zero attached hydrogens (tertiary/aromatic N) is 1. The van der Waals surface area contributed by atoms with Gasteiger partial charge in [0.2, 0.25) is 11.7 Å². The Kier molecular flexibility index (Phi) is 5.89. The second-order valence-electron chi connectivity index (χ2n) is 8.94. The van der Waals surface area contributed by atoms with Gasteiger partial charge < -0.3 is 14.6 Å². The van der Waals surface area contributed by atoms with E-state index in [0.29, 0.717) is 35.0 Å². The molecule has 0 saturated carbocycles. The molecule has 3 aromatic rings. The van der Waals surface area contributed by atoms with Crippen LogP contribution >= 0.6 is 11.3 Å². The van der Waals surface area contributed by atoms with Crippen LogP contribution in [0.4, 0.5) is 5.00 Å². The molecular weight excluding hydrogens is 436 g/mol. The molecule has 1 aromatic carbocycles. The molecule has 1 N–H and O–H groups in total. The van der Waals surface area contributed by atoms with Crippen LogP contribution in [-0.2, 0) is 24.2 Å². The summed E-state index contributed by atoms with van der Waals surface area (Å²) < 4.78 is 5.37.